The highest BCUT2D eigenvalue weighted by Crippen LogP contribution is 2.26. The van der Waals surface area contributed by atoms with Crippen molar-refractivity contribution in [2.45, 2.75) is 20.4 Å². The summed E-state index contributed by atoms with van der Waals surface area (Å²) in [7, 11) is 0. The molecule has 112 valence electrons. The van der Waals surface area contributed by atoms with Crippen LogP contribution in [0.15, 0.2) is 35.4 Å². The highest BCUT2D eigenvalue weighted by atomic mass is 127. The lowest BCUT2D eigenvalue weighted by atomic mass is 10.3. The van der Waals surface area contributed by atoms with Crippen molar-refractivity contribution >= 4 is 22.6 Å². The quantitative estimate of drug-likeness (QED) is 0.700. The van der Waals surface area contributed by atoms with Crippen molar-refractivity contribution < 1.29 is 9.47 Å². The average Bonchev–Trinajstić information content (AvgIpc) is 2.49. The van der Waals surface area contributed by atoms with Crippen molar-refractivity contribution in [2.75, 3.05) is 13.2 Å². The van der Waals surface area contributed by atoms with Gasteiger partial charge in [0.15, 0.2) is 11.5 Å². The number of ether oxygens (including phenoxy) is 2. The number of para-hydroxylation sites is 2. The van der Waals surface area contributed by atoms with E-state index in [0.717, 1.165) is 5.69 Å². The maximum absolute atomic E-state index is 12.0. The molecule has 2 rings (SSSR count). The maximum atomic E-state index is 12.0. The second-order valence-corrected chi connectivity index (χ2v) is 5.45. The smallest absolute Gasteiger partial charge is 0.267 e. The second-order valence-electron chi connectivity index (χ2n) is 4.37. The Bertz CT molecular complexity index is 670. The first-order chi connectivity index (χ1) is 10.1. The van der Waals surface area contributed by atoms with E-state index in [1.807, 2.05) is 60.7 Å². The van der Waals surface area contributed by atoms with E-state index >= 15 is 0 Å². The molecule has 21 heavy (non-hydrogen) atoms. The van der Waals surface area contributed by atoms with Gasteiger partial charge in [-0.1, -0.05) is 12.1 Å². The summed E-state index contributed by atoms with van der Waals surface area (Å²) in [6.07, 6.45) is 1.55. The van der Waals surface area contributed by atoms with Crippen LogP contribution in [-0.2, 0) is 6.54 Å². The summed E-state index contributed by atoms with van der Waals surface area (Å²) in [5.74, 6) is 1.39. The molecule has 0 radical (unpaired) electrons. The van der Waals surface area contributed by atoms with Gasteiger partial charge in [-0.15, -0.1) is 0 Å². The Kier molecular flexibility index (Phi) is 5.60. The van der Waals surface area contributed by atoms with Crippen LogP contribution in [-0.4, -0.2) is 22.8 Å². The minimum Gasteiger partial charge on any atom is -0.490 e. The van der Waals surface area contributed by atoms with Gasteiger partial charge in [-0.3, -0.25) is 9.36 Å². The molecule has 1 heterocycles. The molecular formula is C15H17IN2O3. The molecule has 0 fully saturated rings. The maximum Gasteiger partial charge on any atom is 0.267 e. The van der Waals surface area contributed by atoms with Gasteiger partial charge < -0.3 is 9.47 Å². The van der Waals surface area contributed by atoms with Crippen LogP contribution in [0.1, 0.15) is 12.6 Å². The molecular weight excluding hydrogens is 383 g/mol. The van der Waals surface area contributed by atoms with Gasteiger partial charge in [0.1, 0.15) is 6.61 Å². The van der Waals surface area contributed by atoms with E-state index in [4.69, 9.17) is 9.47 Å². The number of hydrogen-bond donors (Lipinski definition) is 0. The highest BCUT2D eigenvalue weighted by molar-refractivity contribution is 14.1. The second kappa shape index (κ2) is 7.44. The first-order valence-corrected chi connectivity index (χ1v) is 7.77. The summed E-state index contributed by atoms with van der Waals surface area (Å²) in [5.41, 5.74) is 0.712. The molecule has 0 aliphatic heterocycles. The molecule has 0 bridgehead atoms. The van der Waals surface area contributed by atoms with Crippen LogP contribution < -0.4 is 15.0 Å². The Morgan fingerprint density at radius 3 is 2.57 bits per heavy atom. The fourth-order valence-corrected chi connectivity index (χ4v) is 2.25. The van der Waals surface area contributed by atoms with Crippen LogP contribution >= 0.6 is 22.6 Å². The standard InChI is InChI=1S/C15H17IN2O3/c1-3-20-12-6-4-5-7-13(12)21-9-8-18-10-17-11(2)14(16)15(18)19/h4-7,10H,3,8-9H2,1-2H3. The molecule has 6 heteroatoms. The van der Waals surface area contributed by atoms with Gasteiger partial charge in [0.25, 0.3) is 5.56 Å². The number of nitrogens with zero attached hydrogens (tertiary/aromatic N) is 2. The van der Waals surface area contributed by atoms with Crippen molar-refractivity contribution in [3.05, 3.63) is 50.2 Å². The molecule has 2 aromatic rings. The zero-order valence-electron chi connectivity index (χ0n) is 12.0. The van der Waals surface area contributed by atoms with Gasteiger partial charge in [0.2, 0.25) is 0 Å². The molecule has 0 atom stereocenters. The number of aromatic nitrogens is 2. The van der Waals surface area contributed by atoms with Crippen molar-refractivity contribution in [3.8, 4) is 11.5 Å². The van der Waals surface area contributed by atoms with Crippen molar-refractivity contribution in [2.24, 2.45) is 0 Å². The van der Waals surface area contributed by atoms with E-state index in [9.17, 15) is 4.79 Å². The first-order valence-electron chi connectivity index (χ1n) is 6.69. The van der Waals surface area contributed by atoms with E-state index < -0.39 is 0 Å². The lowest BCUT2D eigenvalue weighted by Crippen LogP contribution is -2.26. The van der Waals surface area contributed by atoms with E-state index in [2.05, 4.69) is 4.98 Å². The average molecular weight is 400 g/mol. The Hall–Kier alpha value is -1.57. The van der Waals surface area contributed by atoms with E-state index in [1.54, 1.807) is 10.9 Å². The fourth-order valence-electron chi connectivity index (χ4n) is 1.80. The lowest BCUT2D eigenvalue weighted by Gasteiger charge is -2.12. The molecule has 5 nitrogen and oxygen atoms in total. The van der Waals surface area contributed by atoms with E-state index in [-0.39, 0.29) is 5.56 Å². The Morgan fingerprint density at radius 1 is 1.24 bits per heavy atom. The molecule has 0 aliphatic carbocycles. The van der Waals surface area contributed by atoms with Crippen LogP contribution in [0.2, 0.25) is 0 Å². The van der Waals surface area contributed by atoms with Gasteiger partial charge in [0.05, 0.1) is 28.7 Å². The molecule has 0 unspecified atom stereocenters. The normalized spacial score (nSPS) is 10.4. The largest absolute Gasteiger partial charge is 0.490 e. The Labute approximate surface area is 137 Å². The summed E-state index contributed by atoms with van der Waals surface area (Å²) in [6, 6.07) is 7.50. The van der Waals surface area contributed by atoms with E-state index in [1.165, 1.54) is 0 Å². The molecule has 0 saturated carbocycles. The third kappa shape index (κ3) is 3.96. The fraction of sp³-hybridized carbons (Fsp3) is 0.333. The van der Waals surface area contributed by atoms with E-state index in [0.29, 0.717) is 34.8 Å². The zero-order valence-corrected chi connectivity index (χ0v) is 14.2. The van der Waals surface area contributed by atoms with Crippen LogP contribution in [0.4, 0.5) is 0 Å². The van der Waals surface area contributed by atoms with Gasteiger partial charge in [-0.05, 0) is 48.6 Å². The van der Waals surface area contributed by atoms with Crippen LogP contribution in [0.5, 0.6) is 11.5 Å². The number of hydrogen-bond acceptors (Lipinski definition) is 4. The minimum atomic E-state index is -0.0372. The van der Waals surface area contributed by atoms with Crippen molar-refractivity contribution in [3.63, 3.8) is 0 Å². The van der Waals surface area contributed by atoms with Crippen LogP contribution in [0.3, 0.4) is 0 Å². The summed E-state index contributed by atoms with van der Waals surface area (Å²) < 4.78 is 13.4. The molecule has 0 amide bonds. The number of aryl methyl sites for hydroxylation is 1. The number of benzene rings is 1. The third-order valence-electron chi connectivity index (χ3n) is 2.90. The highest BCUT2D eigenvalue weighted by Gasteiger charge is 2.07. The topological polar surface area (TPSA) is 53.4 Å². The van der Waals surface area contributed by atoms with Crippen LogP contribution in [0.25, 0.3) is 0 Å². The monoisotopic (exact) mass is 400 g/mol. The molecule has 0 saturated heterocycles. The van der Waals surface area contributed by atoms with Gasteiger partial charge in [-0.25, -0.2) is 4.98 Å². The third-order valence-corrected chi connectivity index (χ3v) is 4.14. The Morgan fingerprint density at radius 2 is 1.90 bits per heavy atom. The van der Waals surface area contributed by atoms with Crippen LogP contribution in [0, 0.1) is 10.5 Å². The SMILES string of the molecule is CCOc1ccccc1OCCn1cnc(C)c(I)c1=O. The summed E-state index contributed by atoms with van der Waals surface area (Å²) in [4.78, 5) is 16.2. The zero-order chi connectivity index (χ0) is 15.2. The predicted octanol–water partition coefficient (Wildman–Crippen LogP) is 2.63. The molecule has 0 N–H and O–H groups in total. The van der Waals surface area contributed by atoms with Gasteiger partial charge in [-0.2, -0.15) is 0 Å². The molecule has 0 aliphatic rings. The first kappa shape index (κ1) is 15.8. The lowest BCUT2D eigenvalue weighted by molar-refractivity contribution is 0.265. The summed E-state index contributed by atoms with van der Waals surface area (Å²) in [5, 5.41) is 0. The molecule has 0 spiro atoms. The van der Waals surface area contributed by atoms with Gasteiger partial charge >= 0.3 is 0 Å². The minimum absolute atomic E-state index is 0.0372. The Balaban J connectivity index is 2.02. The summed E-state index contributed by atoms with van der Waals surface area (Å²) in [6.45, 7) is 5.16. The summed E-state index contributed by atoms with van der Waals surface area (Å²) >= 11 is 2.02. The van der Waals surface area contributed by atoms with Crippen molar-refractivity contribution in [1.29, 1.82) is 0 Å². The van der Waals surface area contributed by atoms with Crippen molar-refractivity contribution in [1.82, 2.24) is 9.55 Å². The molecule has 1 aromatic heterocycles. The number of rotatable bonds is 6. The number of halogens is 1. The molecule has 1 aromatic carbocycles. The van der Waals surface area contributed by atoms with Gasteiger partial charge in [0, 0.05) is 0 Å². The predicted molar refractivity (Wildman–Crippen MR) is 89.1 cm³/mol.